The predicted octanol–water partition coefficient (Wildman–Crippen LogP) is 3.13. The topological polar surface area (TPSA) is 127 Å². The van der Waals surface area contributed by atoms with Crippen molar-refractivity contribution in [1.29, 1.82) is 0 Å². The molecule has 3 aromatic rings. The summed E-state index contributed by atoms with van der Waals surface area (Å²) in [4.78, 5) is 39.3. The van der Waals surface area contributed by atoms with E-state index in [1.54, 1.807) is 12.1 Å². The van der Waals surface area contributed by atoms with Crippen LogP contribution in [-0.2, 0) is 20.7 Å². The predicted molar refractivity (Wildman–Crippen MR) is 132 cm³/mol. The maximum Gasteiger partial charge on any atom is 0.407 e. The van der Waals surface area contributed by atoms with Crippen molar-refractivity contribution in [1.82, 2.24) is 15.6 Å². The van der Waals surface area contributed by atoms with Crippen LogP contribution in [0.1, 0.15) is 29.5 Å². The molecule has 0 fully saturated rings. The number of carbonyl (C=O) groups is 3. The molecule has 0 radical (unpaired) electrons. The number of nitrogens with zero attached hydrogens (tertiary/aromatic N) is 1. The van der Waals surface area contributed by atoms with E-state index in [9.17, 15) is 19.5 Å². The third kappa shape index (κ3) is 5.99. The van der Waals surface area contributed by atoms with Crippen LogP contribution in [0.5, 0.6) is 5.88 Å². The molecule has 1 atom stereocenters. The average Bonchev–Trinajstić information content (AvgIpc) is 3.19. The fraction of sp³-hybridized carbons (Fsp3) is 0.259. The number of alkyl carbamates (subject to hydrolysis) is 1. The lowest BCUT2D eigenvalue weighted by atomic mass is 9.98. The molecule has 0 unspecified atom stereocenters. The van der Waals surface area contributed by atoms with Gasteiger partial charge in [0.15, 0.2) is 0 Å². The number of hydrogen-bond acceptors (Lipinski definition) is 6. The fourth-order valence-corrected chi connectivity index (χ4v) is 4.22. The summed E-state index contributed by atoms with van der Waals surface area (Å²) >= 11 is 0. The summed E-state index contributed by atoms with van der Waals surface area (Å²) in [5, 5.41) is 14.7. The second-order valence-corrected chi connectivity index (χ2v) is 8.40. The smallest absolute Gasteiger partial charge is 0.407 e. The van der Waals surface area contributed by atoms with Crippen LogP contribution in [0.3, 0.4) is 0 Å². The van der Waals surface area contributed by atoms with E-state index in [0.29, 0.717) is 18.0 Å². The second kappa shape index (κ2) is 11.4. The Balaban J connectivity index is 1.32. The van der Waals surface area contributed by atoms with Crippen LogP contribution >= 0.6 is 0 Å². The highest BCUT2D eigenvalue weighted by atomic mass is 16.5. The standard InChI is InChI=1S/C27H27N3O6/c1-17(31)28-12-13-35-25-11-10-18(15-29-25)14-24(26(32)33)30-27(34)36-16-23-21-8-4-2-6-19(21)20-7-3-5-9-22(20)23/h2-11,15,23-24H,12-14,16H2,1H3,(H,28,31)(H,30,34)(H,32,33)/t24-/m0/s1. The van der Waals surface area contributed by atoms with Crippen molar-refractivity contribution in [3.8, 4) is 17.0 Å². The zero-order valence-corrected chi connectivity index (χ0v) is 19.8. The van der Waals surface area contributed by atoms with Gasteiger partial charge in [0, 0.05) is 31.5 Å². The number of ether oxygens (including phenoxy) is 2. The summed E-state index contributed by atoms with van der Waals surface area (Å²) in [6, 6.07) is 18.1. The van der Waals surface area contributed by atoms with Crippen molar-refractivity contribution >= 4 is 18.0 Å². The minimum absolute atomic E-state index is 0.0265. The number of carboxylic acids is 1. The number of rotatable bonds is 10. The van der Waals surface area contributed by atoms with E-state index in [-0.39, 0.29) is 31.5 Å². The van der Waals surface area contributed by atoms with Gasteiger partial charge in [0.05, 0.1) is 6.54 Å². The minimum Gasteiger partial charge on any atom is -0.480 e. The van der Waals surface area contributed by atoms with Gasteiger partial charge in [0.25, 0.3) is 0 Å². The molecule has 1 aromatic heterocycles. The van der Waals surface area contributed by atoms with Crippen molar-refractivity contribution < 1.29 is 29.0 Å². The summed E-state index contributed by atoms with van der Waals surface area (Å²) in [6.07, 6.45) is 0.719. The highest BCUT2D eigenvalue weighted by Gasteiger charge is 2.29. The number of fused-ring (bicyclic) bond motifs is 3. The van der Waals surface area contributed by atoms with Crippen LogP contribution in [0.25, 0.3) is 11.1 Å². The highest BCUT2D eigenvalue weighted by molar-refractivity contribution is 5.81. The molecular formula is C27H27N3O6. The molecule has 4 rings (SSSR count). The molecule has 2 aromatic carbocycles. The number of aromatic nitrogens is 1. The highest BCUT2D eigenvalue weighted by Crippen LogP contribution is 2.44. The Morgan fingerprint density at radius 3 is 2.25 bits per heavy atom. The Morgan fingerprint density at radius 2 is 1.67 bits per heavy atom. The Kier molecular flexibility index (Phi) is 7.79. The molecule has 9 nitrogen and oxygen atoms in total. The third-order valence-electron chi connectivity index (χ3n) is 5.90. The molecule has 0 saturated carbocycles. The first-order valence-electron chi connectivity index (χ1n) is 11.6. The monoisotopic (exact) mass is 489 g/mol. The first kappa shape index (κ1) is 24.7. The first-order chi connectivity index (χ1) is 17.4. The maximum atomic E-state index is 12.5. The Bertz CT molecular complexity index is 1200. The molecule has 1 aliphatic carbocycles. The van der Waals surface area contributed by atoms with E-state index in [0.717, 1.165) is 22.3 Å². The van der Waals surface area contributed by atoms with Gasteiger partial charge in [-0.1, -0.05) is 54.6 Å². The Hall–Kier alpha value is -4.40. The van der Waals surface area contributed by atoms with Crippen molar-refractivity contribution in [3.63, 3.8) is 0 Å². The number of benzene rings is 2. The zero-order valence-electron chi connectivity index (χ0n) is 19.8. The molecule has 1 aliphatic rings. The van der Waals surface area contributed by atoms with Crippen LogP contribution in [0, 0.1) is 0 Å². The van der Waals surface area contributed by atoms with Gasteiger partial charge in [0.2, 0.25) is 11.8 Å². The van der Waals surface area contributed by atoms with Gasteiger partial charge in [-0.2, -0.15) is 0 Å². The van der Waals surface area contributed by atoms with Crippen molar-refractivity contribution in [2.24, 2.45) is 0 Å². The van der Waals surface area contributed by atoms with E-state index in [1.807, 2.05) is 48.5 Å². The van der Waals surface area contributed by atoms with Crippen LogP contribution in [-0.4, -0.2) is 53.9 Å². The van der Waals surface area contributed by atoms with Crippen molar-refractivity contribution in [2.45, 2.75) is 25.3 Å². The number of pyridine rings is 1. The lowest BCUT2D eigenvalue weighted by Crippen LogP contribution is -2.42. The largest absolute Gasteiger partial charge is 0.480 e. The van der Waals surface area contributed by atoms with E-state index < -0.39 is 18.1 Å². The minimum atomic E-state index is -1.19. The average molecular weight is 490 g/mol. The number of amides is 2. The first-order valence-corrected chi connectivity index (χ1v) is 11.6. The van der Waals surface area contributed by atoms with E-state index >= 15 is 0 Å². The molecule has 2 amide bonds. The maximum absolute atomic E-state index is 12.5. The molecule has 3 N–H and O–H groups in total. The number of carbonyl (C=O) groups excluding carboxylic acids is 2. The van der Waals surface area contributed by atoms with E-state index in [4.69, 9.17) is 9.47 Å². The van der Waals surface area contributed by atoms with Gasteiger partial charge >= 0.3 is 12.1 Å². The molecule has 9 heteroatoms. The zero-order chi connectivity index (χ0) is 25.5. The van der Waals surface area contributed by atoms with Crippen LogP contribution < -0.4 is 15.4 Å². The van der Waals surface area contributed by atoms with Gasteiger partial charge in [0.1, 0.15) is 19.3 Å². The molecular weight excluding hydrogens is 462 g/mol. The molecule has 36 heavy (non-hydrogen) atoms. The number of aliphatic carboxylic acids is 1. The molecule has 0 saturated heterocycles. The number of nitrogens with one attached hydrogen (secondary N) is 2. The molecule has 0 aliphatic heterocycles. The number of hydrogen-bond donors (Lipinski definition) is 3. The fourth-order valence-electron chi connectivity index (χ4n) is 4.22. The summed E-state index contributed by atoms with van der Waals surface area (Å²) in [6.45, 7) is 2.12. The van der Waals surface area contributed by atoms with Crippen LogP contribution in [0.15, 0.2) is 66.9 Å². The van der Waals surface area contributed by atoms with Gasteiger partial charge in [-0.05, 0) is 27.8 Å². The molecule has 186 valence electrons. The van der Waals surface area contributed by atoms with Gasteiger partial charge in [-0.25, -0.2) is 14.6 Å². The normalized spacial score (nSPS) is 12.7. The molecule has 1 heterocycles. The summed E-state index contributed by atoms with van der Waals surface area (Å²) < 4.78 is 10.9. The summed E-state index contributed by atoms with van der Waals surface area (Å²) in [5.74, 6) is -1.10. The second-order valence-electron chi connectivity index (χ2n) is 8.40. The van der Waals surface area contributed by atoms with Crippen LogP contribution in [0.2, 0.25) is 0 Å². The van der Waals surface area contributed by atoms with E-state index in [2.05, 4.69) is 15.6 Å². The Labute approximate surface area is 208 Å². The molecule has 0 spiro atoms. The van der Waals surface area contributed by atoms with Crippen LogP contribution in [0.4, 0.5) is 4.79 Å². The lowest BCUT2D eigenvalue weighted by molar-refractivity contribution is -0.139. The van der Waals surface area contributed by atoms with Crippen molar-refractivity contribution in [3.05, 3.63) is 83.6 Å². The van der Waals surface area contributed by atoms with Crippen molar-refractivity contribution in [2.75, 3.05) is 19.8 Å². The van der Waals surface area contributed by atoms with Gasteiger partial charge in [-0.15, -0.1) is 0 Å². The van der Waals surface area contributed by atoms with Gasteiger partial charge in [-0.3, -0.25) is 4.79 Å². The quantitative estimate of drug-likeness (QED) is 0.374. The van der Waals surface area contributed by atoms with Gasteiger partial charge < -0.3 is 25.2 Å². The third-order valence-corrected chi connectivity index (χ3v) is 5.90. The molecule has 0 bridgehead atoms. The number of carboxylic acid groups (broad SMARTS) is 1. The van der Waals surface area contributed by atoms with E-state index in [1.165, 1.54) is 13.1 Å². The SMILES string of the molecule is CC(=O)NCCOc1ccc(C[C@H](NC(=O)OCC2c3ccccc3-c3ccccc32)C(=O)O)cn1. The summed E-state index contributed by atoms with van der Waals surface area (Å²) in [5.41, 5.74) is 4.98. The Morgan fingerprint density at radius 1 is 1.00 bits per heavy atom. The lowest BCUT2D eigenvalue weighted by Gasteiger charge is -2.17. The summed E-state index contributed by atoms with van der Waals surface area (Å²) in [7, 11) is 0.